The van der Waals surface area contributed by atoms with E-state index in [9.17, 15) is 4.79 Å². The van der Waals surface area contributed by atoms with Gasteiger partial charge in [-0.2, -0.15) is 0 Å². The standard InChI is InChI=1S/C16H21N3OS/c1-11-5-6-13-14(8-11)21-16(17-13)18-15(20)10-19-7-3-4-12(2)9-19/h5-6,8,12H,3-4,7,9-10H2,1-2H3,(H,17,18,20). The molecule has 1 fully saturated rings. The number of likely N-dealkylation sites (tertiary alicyclic amines) is 1. The van der Waals surface area contributed by atoms with Crippen LogP contribution in [0.25, 0.3) is 10.2 Å². The van der Waals surface area contributed by atoms with Crippen LogP contribution >= 0.6 is 11.3 Å². The highest BCUT2D eigenvalue weighted by molar-refractivity contribution is 7.22. The summed E-state index contributed by atoms with van der Waals surface area (Å²) in [6, 6.07) is 6.15. The van der Waals surface area contributed by atoms with E-state index in [2.05, 4.69) is 35.1 Å². The number of rotatable bonds is 3. The Kier molecular flexibility index (Phi) is 4.22. The van der Waals surface area contributed by atoms with E-state index in [4.69, 9.17) is 0 Å². The molecule has 1 aromatic carbocycles. The van der Waals surface area contributed by atoms with Gasteiger partial charge in [0.15, 0.2) is 5.13 Å². The minimum absolute atomic E-state index is 0.0416. The van der Waals surface area contributed by atoms with Gasteiger partial charge in [-0.15, -0.1) is 0 Å². The van der Waals surface area contributed by atoms with Crippen molar-refractivity contribution in [3.05, 3.63) is 23.8 Å². The fourth-order valence-electron chi connectivity index (χ4n) is 2.88. The van der Waals surface area contributed by atoms with Crippen LogP contribution in [0.1, 0.15) is 25.3 Å². The lowest BCUT2D eigenvalue weighted by Crippen LogP contribution is -2.39. The zero-order chi connectivity index (χ0) is 14.8. The van der Waals surface area contributed by atoms with Gasteiger partial charge in [0.25, 0.3) is 0 Å². The van der Waals surface area contributed by atoms with Gasteiger partial charge in [-0.3, -0.25) is 9.69 Å². The van der Waals surface area contributed by atoms with Crippen molar-refractivity contribution in [3.63, 3.8) is 0 Å². The number of aromatic nitrogens is 1. The smallest absolute Gasteiger partial charge is 0.240 e. The Hall–Kier alpha value is -1.46. The molecule has 2 heterocycles. The van der Waals surface area contributed by atoms with E-state index in [-0.39, 0.29) is 5.91 Å². The molecule has 1 saturated heterocycles. The highest BCUT2D eigenvalue weighted by Gasteiger charge is 2.19. The molecule has 21 heavy (non-hydrogen) atoms. The van der Waals surface area contributed by atoms with Gasteiger partial charge < -0.3 is 5.32 Å². The second kappa shape index (κ2) is 6.12. The number of nitrogens with zero attached hydrogens (tertiary/aromatic N) is 2. The van der Waals surface area contributed by atoms with Crippen LogP contribution in [0, 0.1) is 12.8 Å². The van der Waals surface area contributed by atoms with Gasteiger partial charge in [0, 0.05) is 6.54 Å². The van der Waals surface area contributed by atoms with Crippen molar-refractivity contribution in [3.8, 4) is 0 Å². The lowest BCUT2D eigenvalue weighted by molar-refractivity contribution is -0.117. The summed E-state index contributed by atoms with van der Waals surface area (Å²) < 4.78 is 1.12. The Bertz CT molecular complexity index is 652. The molecule has 0 radical (unpaired) electrons. The highest BCUT2D eigenvalue weighted by Crippen LogP contribution is 2.26. The molecule has 0 bridgehead atoms. The quantitative estimate of drug-likeness (QED) is 0.946. The van der Waals surface area contributed by atoms with Crippen LogP contribution in [0.2, 0.25) is 0 Å². The van der Waals surface area contributed by atoms with E-state index >= 15 is 0 Å². The maximum absolute atomic E-state index is 12.1. The summed E-state index contributed by atoms with van der Waals surface area (Å²) in [5.41, 5.74) is 2.17. The largest absolute Gasteiger partial charge is 0.301 e. The number of piperidine rings is 1. The maximum atomic E-state index is 12.1. The van der Waals surface area contributed by atoms with Crippen molar-refractivity contribution in [2.24, 2.45) is 5.92 Å². The minimum atomic E-state index is 0.0416. The molecular formula is C16H21N3OS. The number of benzene rings is 1. The maximum Gasteiger partial charge on any atom is 0.240 e. The Morgan fingerprint density at radius 3 is 3.19 bits per heavy atom. The lowest BCUT2D eigenvalue weighted by Gasteiger charge is -2.29. The van der Waals surface area contributed by atoms with Gasteiger partial charge in [-0.05, 0) is 49.9 Å². The number of aryl methyl sites for hydroxylation is 1. The summed E-state index contributed by atoms with van der Waals surface area (Å²) in [4.78, 5) is 18.9. The molecule has 2 aromatic rings. The third-order valence-corrected chi connectivity index (χ3v) is 4.83. The molecule has 1 aromatic heterocycles. The number of fused-ring (bicyclic) bond motifs is 1. The monoisotopic (exact) mass is 303 g/mol. The summed E-state index contributed by atoms with van der Waals surface area (Å²) in [7, 11) is 0. The van der Waals surface area contributed by atoms with E-state index in [0.29, 0.717) is 17.6 Å². The average Bonchev–Trinajstić information content (AvgIpc) is 2.79. The van der Waals surface area contributed by atoms with Crippen molar-refractivity contribution in [2.45, 2.75) is 26.7 Å². The van der Waals surface area contributed by atoms with Crippen LogP contribution < -0.4 is 5.32 Å². The topological polar surface area (TPSA) is 45.2 Å². The molecule has 5 heteroatoms. The van der Waals surface area contributed by atoms with Crippen LogP contribution in [-0.2, 0) is 4.79 Å². The molecule has 1 atom stereocenters. The number of nitrogens with one attached hydrogen (secondary N) is 1. The molecule has 0 spiro atoms. The number of anilines is 1. The SMILES string of the molecule is Cc1ccc2nc(NC(=O)CN3CCCC(C)C3)sc2c1. The van der Waals surface area contributed by atoms with Crippen LogP contribution in [0.4, 0.5) is 5.13 Å². The number of carbonyl (C=O) groups is 1. The molecule has 1 amide bonds. The predicted octanol–water partition coefficient (Wildman–Crippen LogP) is 3.28. The fourth-order valence-corrected chi connectivity index (χ4v) is 3.86. The second-order valence-electron chi connectivity index (χ2n) is 6.02. The Balaban J connectivity index is 1.63. The summed E-state index contributed by atoms with van der Waals surface area (Å²) in [6.07, 6.45) is 2.46. The number of amides is 1. The summed E-state index contributed by atoms with van der Waals surface area (Å²) in [6.45, 7) is 6.83. The molecule has 3 rings (SSSR count). The third kappa shape index (κ3) is 3.60. The summed E-state index contributed by atoms with van der Waals surface area (Å²) in [5, 5.41) is 3.64. The van der Waals surface area contributed by atoms with E-state index in [1.54, 1.807) is 11.3 Å². The first-order chi connectivity index (χ1) is 10.1. The average molecular weight is 303 g/mol. The van der Waals surface area contributed by atoms with Crippen LogP contribution in [0.3, 0.4) is 0 Å². The second-order valence-corrected chi connectivity index (χ2v) is 7.05. The van der Waals surface area contributed by atoms with E-state index in [1.807, 2.05) is 12.1 Å². The molecular weight excluding hydrogens is 282 g/mol. The summed E-state index contributed by atoms with van der Waals surface area (Å²) >= 11 is 1.54. The van der Waals surface area contributed by atoms with Crippen LogP contribution in [0.15, 0.2) is 18.2 Å². The normalized spacial score (nSPS) is 19.8. The number of thiazole rings is 1. The number of hydrogen-bond donors (Lipinski definition) is 1. The van der Waals surface area contributed by atoms with Crippen LogP contribution in [-0.4, -0.2) is 35.4 Å². The molecule has 4 nitrogen and oxygen atoms in total. The Morgan fingerprint density at radius 1 is 1.52 bits per heavy atom. The molecule has 1 aliphatic rings. The van der Waals surface area contributed by atoms with Gasteiger partial charge >= 0.3 is 0 Å². The highest BCUT2D eigenvalue weighted by atomic mass is 32.1. The number of carbonyl (C=O) groups excluding carboxylic acids is 1. The van der Waals surface area contributed by atoms with Crippen molar-refractivity contribution < 1.29 is 4.79 Å². The van der Waals surface area contributed by atoms with E-state index in [0.717, 1.165) is 23.3 Å². The zero-order valence-corrected chi connectivity index (χ0v) is 13.4. The molecule has 1 unspecified atom stereocenters. The van der Waals surface area contributed by atoms with Crippen molar-refractivity contribution in [1.82, 2.24) is 9.88 Å². The van der Waals surface area contributed by atoms with Crippen LogP contribution in [0.5, 0.6) is 0 Å². The molecule has 0 aliphatic carbocycles. The zero-order valence-electron chi connectivity index (χ0n) is 12.6. The predicted molar refractivity (Wildman–Crippen MR) is 87.8 cm³/mol. The molecule has 112 valence electrons. The first-order valence-corrected chi connectivity index (χ1v) is 8.31. The number of hydrogen-bond acceptors (Lipinski definition) is 4. The van der Waals surface area contributed by atoms with Crippen molar-refractivity contribution in [2.75, 3.05) is 25.0 Å². The first kappa shape index (κ1) is 14.5. The van der Waals surface area contributed by atoms with Gasteiger partial charge in [-0.25, -0.2) is 4.98 Å². The van der Waals surface area contributed by atoms with Gasteiger partial charge in [0.1, 0.15) is 0 Å². The van der Waals surface area contributed by atoms with Crippen molar-refractivity contribution >= 4 is 32.6 Å². The van der Waals surface area contributed by atoms with Gasteiger partial charge in [-0.1, -0.05) is 24.3 Å². The van der Waals surface area contributed by atoms with Crippen molar-refractivity contribution in [1.29, 1.82) is 0 Å². The van der Waals surface area contributed by atoms with Gasteiger partial charge in [0.05, 0.1) is 16.8 Å². The van der Waals surface area contributed by atoms with E-state index < -0.39 is 0 Å². The van der Waals surface area contributed by atoms with E-state index in [1.165, 1.54) is 18.4 Å². The molecule has 0 saturated carbocycles. The van der Waals surface area contributed by atoms with Gasteiger partial charge in [0.2, 0.25) is 5.91 Å². The minimum Gasteiger partial charge on any atom is -0.301 e. The fraction of sp³-hybridized carbons (Fsp3) is 0.500. The Labute approximate surface area is 129 Å². The third-order valence-electron chi connectivity index (χ3n) is 3.90. The molecule has 1 aliphatic heterocycles. The lowest BCUT2D eigenvalue weighted by atomic mass is 10.0. The Morgan fingerprint density at radius 2 is 2.38 bits per heavy atom. The summed E-state index contributed by atoms with van der Waals surface area (Å²) in [5.74, 6) is 0.733. The molecule has 1 N–H and O–H groups in total. The first-order valence-electron chi connectivity index (χ1n) is 7.49.